The van der Waals surface area contributed by atoms with Gasteiger partial charge < -0.3 is 9.64 Å². The highest BCUT2D eigenvalue weighted by Gasteiger charge is 2.30. The summed E-state index contributed by atoms with van der Waals surface area (Å²) in [5, 5.41) is 0. The number of ether oxygens (including phenoxy) is 1. The zero-order valence-electron chi connectivity index (χ0n) is 13.0. The molecule has 2 aromatic rings. The van der Waals surface area contributed by atoms with Crippen LogP contribution in [0.1, 0.15) is 22.8 Å². The van der Waals surface area contributed by atoms with Gasteiger partial charge in [0.15, 0.2) is 6.10 Å². The molecule has 6 heteroatoms. The lowest BCUT2D eigenvalue weighted by atomic mass is 10.2. The van der Waals surface area contributed by atoms with Crippen molar-refractivity contribution < 1.29 is 23.1 Å². The van der Waals surface area contributed by atoms with Crippen molar-refractivity contribution in [1.29, 1.82) is 0 Å². The molecule has 1 amide bonds. The van der Waals surface area contributed by atoms with E-state index in [9.17, 15) is 18.4 Å². The van der Waals surface area contributed by atoms with Crippen LogP contribution in [0.15, 0.2) is 42.5 Å². The second-order valence-electron chi connectivity index (χ2n) is 5.57. The Kier molecular flexibility index (Phi) is 4.29. The van der Waals surface area contributed by atoms with Crippen molar-refractivity contribution in [1.82, 2.24) is 0 Å². The minimum atomic E-state index is -1.06. The van der Waals surface area contributed by atoms with Crippen LogP contribution in [0.3, 0.4) is 0 Å². The fourth-order valence-electron chi connectivity index (χ4n) is 2.74. The van der Waals surface area contributed by atoms with Crippen LogP contribution in [-0.2, 0) is 16.0 Å². The molecule has 1 aliphatic rings. The van der Waals surface area contributed by atoms with Crippen molar-refractivity contribution in [3.8, 4) is 0 Å². The molecule has 1 aliphatic heterocycles. The fraction of sp³-hybridized carbons (Fsp3) is 0.222. The molecule has 0 aromatic heterocycles. The molecule has 0 fully saturated rings. The Morgan fingerprint density at radius 1 is 1.12 bits per heavy atom. The lowest BCUT2D eigenvalue weighted by Crippen LogP contribution is -2.39. The Bertz CT molecular complexity index is 786. The monoisotopic (exact) mass is 331 g/mol. The predicted octanol–water partition coefficient (Wildman–Crippen LogP) is 3.10. The number of benzene rings is 2. The molecule has 124 valence electrons. The molecule has 0 saturated carbocycles. The van der Waals surface area contributed by atoms with Gasteiger partial charge in [-0.1, -0.05) is 18.2 Å². The van der Waals surface area contributed by atoms with Crippen LogP contribution in [-0.4, -0.2) is 24.5 Å². The second kappa shape index (κ2) is 6.39. The Morgan fingerprint density at radius 3 is 2.50 bits per heavy atom. The van der Waals surface area contributed by atoms with Crippen LogP contribution >= 0.6 is 0 Å². The van der Waals surface area contributed by atoms with E-state index in [1.54, 1.807) is 4.90 Å². The third-order valence-corrected chi connectivity index (χ3v) is 3.88. The van der Waals surface area contributed by atoms with Crippen molar-refractivity contribution >= 4 is 17.6 Å². The zero-order chi connectivity index (χ0) is 17.3. The summed E-state index contributed by atoms with van der Waals surface area (Å²) in [4.78, 5) is 26.1. The summed E-state index contributed by atoms with van der Waals surface area (Å²) in [6.45, 7) is 1.95. The summed E-state index contributed by atoms with van der Waals surface area (Å²) in [5.74, 6) is -3.07. The van der Waals surface area contributed by atoms with Crippen molar-refractivity contribution in [2.24, 2.45) is 0 Å². The first-order valence-electron chi connectivity index (χ1n) is 7.52. The Morgan fingerprint density at radius 2 is 1.79 bits per heavy atom. The van der Waals surface area contributed by atoms with Gasteiger partial charge in [-0.05, 0) is 37.1 Å². The zero-order valence-corrected chi connectivity index (χ0v) is 13.0. The standard InChI is InChI=1S/C18H15F2NO3/c1-11(24-18(23)13-8-14(19)10-15(20)9-13)17(22)21-7-6-12-4-2-3-5-16(12)21/h2-5,8-11H,6-7H2,1H3/t11-/m0/s1. The van der Waals surface area contributed by atoms with Gasteiger partial charge >= 0.3 is 5.97 Å². The highest BCUT2D eigenvalue weighted by atomic mass is 19.1. The highest BCUT2D eigenvalue weighted by molar-refractivity contribution is 6.00. The van der Waals surface area contributed by atoms with Gasteiger partial charge in [0, 0.05) is 18.3 Å². The number of nitrogens with zero attached hydrogens (tertiary/aromatic N) is 1. The molecule has 24 heavy (non-hydrogen) atoms. The number of esters is 1. The maximum atomic E-state index is 13.2. The van der Waals surface area contributed by atoms with Gasteiger partial charge in [-0.25, -0.2) is 13.6 Å². The van der Waals surface area contributed by atoms with Crippen molar-refractivity contribution in [3.63, 3.8) is 0 Å². The molecule has 0 spiro atoms. The van der Waals surface area contributed by atoms with Crippen LogP contribution in [0.5, 0.6) is 0 Å². The van der Waals surface area contributed by atoms with Gasteiger partial charge in [-0.15, -0.1) is 0 Å². The lowest BCUT2D eigenvalue weighted by molar-refractivity contribution is -0.126. The fourth-order valence-corrected chi connectivity index (χ4v) is 2.74. The van der Waals surface area contributed by atoms with Crippen LogP contribution in [0.4, 0.5) is 14.5 Å². The van der Waals surface area contributed by atoms with E-state index in [-0.39, 0.29) is 11.5 Å². The first-order chi connectivity index (χ1) is 11.5. The molecule has 4 nitrogen and oxygen atoms in total. The number of carbonyl (C=O) groups is 2. The first kappa shape index (κ1) is 16.1. The largest absolute Gasteiger partial charge is 0.449 e. The number of fused-ring (bicyclic) bond motifs is 1. The quantitative estimate of drug-likeness (QED) is 0.812. The predicted molar refractivity (Wildman–Crippen MR) is 83.7 cm³/mol. The van der Waals surface area contributed by atoms with Gasteiger partial charge in [0.25, 0.3) is 5.91 Å². The summed E-state index contributed by atoms with van der Waals surface area (Å²) in [6, 6.07) is 9.89. The second-order valence-corrected chi connectivity index (χ2v) is 5.57. The molecular formula is C18H15F2NO3. The molecule has 0 unspecified atom stereocenters. The van der Waals surface area contributed by atoms with E-state index in [2.05, 4.69) is 0 Å². The number of amides is 1. The number of hydrogen-bond donors (Lipinski definition) is 0. The summed E-state index contributed by atoms with van der Waals surface area (Å²) < 4.78 is 31.4. The van der Waals surface area contributed by atoms with Crippen LogP contribution in [0.2, 0.25) is 0 Å². The van der Waals surface area contributed by atoms with Gasteiger partial charge in [-0.2, -0.15) is 0 Å². The third kappa shape index (κ3) is 3.13. The van der Waals surface area contributed by atoms with Gasteiger partial charge in [0.2, 0.25) is 0 Å². The Labute approximate surface area is 137 Å². The van der Waals surface area contributed by atoms with E-state index >= 15 is 0 Å². The van der Waals surface area contributed by atoms with E-state index in [4.69, 9.17) is 4.74 Å². The smallest absolute Gasteiger partial charge is 0.339 e. The number of anilines is 1. The van der Waals surface area contributed by atoms with Crippen molar-refractivity contribution in [3.05, 3.63) is 65.2 Å². The molecule has 0 saturated heterocycles. The minimum Gasteiger partial charge on any atom is -0.449 e. The Hall–Kier alpha value is -2.76. The van der Waals surface area contributed by atoms with Crippen LogP contribution < -0.4 is 4.90 Å². The lowest BCUT2D eigenvalue weighted by Gasteiger charge is -2.21. The molecular weight excluding hydrogens is 316 g/mol. The summed E-state index contributed by atoms with van der Waals surface area (Å²) in [6.07, 6.45) is -0.326. The number of para-hydroxylation sites is 1. The summed E-state index contributed by atoms with van der Waals surface area (Å²) >= 11 is 0. The third-order valence-electron chi connectivity index (χ3n) is 3.88. The average molecular weight is 331 g/mol. The van der Waals surface area contributed by atoms with E-state index in [1.165, 1.54) is 6.92 Å². The summed E-state index contributed by atoms with van der Waals surface area (Å²) in [5.41, 5.74) is 1.58. The number of carbonyl (C=O) groups excluding carboxylic acids is 2. The van der Waals surface area contributed by atoms with E-state index in [0.29, 0.717) is 12.6 Å². The SMILES string of the molecule is C[C@H](OC(=O)c1cc(F)cc(F)c1)C(=O)N1CCc2ccccc21. The van der Waals surface area contributed by atoms with Crippen molar-refractivity contribution in [2.45, 2.75) is 19.4 Å². The number of halogens is 2. The molecule has 2 aromatic carbocycles. The maximum Gasteiger partial charge on any atom is 0.339 e. The minimum absolute atomic E-state index is 0.269. The molecule has 0 bridgehead atoms. The molecule has 1 heterocycles. The Balaban J connectivity index is 1.72. The number of rotatable bonds is 3. The van der Waals surface area contributed by atoms with E-state index in [0.717, 1.165) is 29.8 Å². The van der Waals surface area contributed by atoms with Gasteiger partial charge in [0.05, 0.1) is 5.56 Å². The van der Waals surface area contributed by atoms with E-state index in [1.807, 2.05) is 24.3 Å². The molecule has 0 radical (unpaired) electrons. The van der Waals surface area contributed by atoms with Gasteiger partial charge in [0.1, 0.15) is 11.6 Å². The number of hydrogen-bond acceptors (Lipinski definition) is 3. The first-order valence-corrected chi connectivity index (χ1v) is 7.52. The van der Waals surface area contributed by atoms with Crippen LogP contribution in [0.25, 0.3) is 0 Å². The molecule has 3 rings (SSSR count). The van der Waals surface area contributed by atoms with Crippen LogP contribution in [0, 0.1) is 11.6 Å². The summed E-state index contributed by atoms with van der Waals surface area (Å²) in [7, 11) is 0. The van der Waals surface area contributed by atoms with Gasteiger partial charge in [-0.3, -0.25) is 4.79 Å². The molecule has 0 N–H and O–H groups in total. The normalized spacial score (nSPS) is 14.2. The average Bonchev–Trinajstić information content (AvgIpc) is 2.97. The molecule has 0 aliphatic carbocycles. The molecule has 1 atom stereocenters. The maximum absolute atomic E-state index is 13.2. The highest BCUT2D eigenvalue weighted by Crippen LogP contribution is 2.28. The topological polar surface area (TPSA) is 46.6 Å². The van der Waals surface area contributed by atoms with E-state index < -0.39 is 23.7 Å². The van der Waals surface area contributed by atoms with Crippen molar-refractivity contribution in [2.75, 3.05) is 11.4 Å².